The van der Waals surface area contributed by atoms with E-state index < -0.39 is 5.97 Å². The molecule has 88 valence electrons. The molecule has 2 atom stereocenters. The van der Waals surface area contributed by atoms with Crippen molar-refractivity contribution in [1.29, 1.82) is 0 Å². The van der Waals surface area contributed by atoms with Crippen molar-refractivity contribution in [2.24, 2.45) is 0 Å². The quantitative estimate of drug-likeness (QED) is 0.474. The molecule has 1 N–H and O–H groups in total. The van der Waals surface area contributed by atoms with E-state index in [0.29, 0.717) is 18.6 Å². The molecule has 15 heavy (non-hydrogen) atoms. The second kappa shape index (κ2) is 6.83. The lowest BCUT2D eigenvalue weighted by molar-refractivity contribution is -0.137. The highest BCUT2D eigenvalue weighted by Crippen LogP contribution is 2.29. The minimum absolute atomic E-state index is 0.323. The Hall–Kier alpha value is -0.570. The van der Waals surface area contributed by atoms with E-state index in [-0.39, 0.29) is 0 Å². The molecule has 1 aliphatic heterocycles. The third-order valence-corrected chi connectivity index (χ3v) is 2.97. The Morgan fingerprint density at radius 3 is 2.40 bits per heavy atom. The van der Waals surface area contributed by atoms with Crippen LogP contribution in [0, 0.1) is 0 Å². The fourth-order valence-corrected chi connectivity index (χ4v) is 1.94. The molecule has 0 bridgehead atoms. The van der Waals surface area contributed by atoms with Crippen LogP contribution in [0.2, 0.25) is 0 Å². The summed E-state index contributed by atoms with van der Waals surface area (Å²) in [5, 5.41) is 8.44. The van der Waals surface area contributed by atoms with Crippen LogP contribution in [0.5, 0.6) is 0 Å². The van der Waals surface area contributed by atoms with Gasteiger partial charge in [0.15, 0.2) is 0 Å². The number of hydrogen-bond acceptors (Lipinski definition) is 2. The topological polar surface area (TPSA) is 49.8 Å². The van der Waals surface area contributed by atoms with Crippen LogP contribution in [0.15, 0.2) is 0 Å². The number of carboxylic acids is 1. The molecule has 0 amide bonds. The van der Waals surface area contributed by atoms with E-state index in [1.807, 2.05) is 0 Å². The standard InChI is InChI=1S/C12H22O3/c1-2-10-11(15-10)8-6-4-3-5-7-9-12(13)14/h10-11H,2-9H2,1H3,(H,13,14)/t10-,11+/m1/s1. The molecule has 0 unspecified atom stereocenters. The zero-order chi connectivity index (χ0) is 11.1. The van der Waals surface area contributed by atoms with Gasteiger partial charge in [0.05, 0.1) is 12.2 Å². The predicted octanol–water partition coefficient (Wildman–Crippen LogP) is 2.98. The highest BCUT2D eigenvalue weighted by Gasteiger charge is 2.35. The van der Waals surface area contributed by atoms with Gasteiger partial charge in [-0.05, 0) is 19.3 Å². The Labute approximate surface area is 91.8 Å². The van der Waals surface area contributed by atoms with Gasteiger partial charge >= 0.3 is 5.97 Å². The van der Waals surface area contributed by atoms with Crippen LogP contribution in [0.25, 0.3) is 0 Å². The van der Waals surface area contributed by atoms with Crippen LogP contribution in [0.1, 0.15) is 58.3 Å². The van der Waals surface area contributed by atoms with E-state index in [0.717, 1.165) is 25.7 Å². The van der Waals surface area contributed by atoms with Crippen molar-refractivity contribution in [3.8, 4) is 0 Å². The number of rotatable bonds is 9. The van der Waals surface area contributed by atoms with Crippen LogP contribution in [-0.4, -0.2) is 23.3 Å². The molecular formula is C12H22O3. The summed E-state index contributed by atoms with van der Waals surface area (Å²) in [7, 11) is 0. The van der Waals surface area contributed by atoms with Gasteiger partial charge in [0, 0.05) is 6.42 Å². The second-order valence-corrected chi connectivity index (χ2v) is 4.32. The maximum absolute atomic E-state index is 10.2. The van der Waals surface area contributed by atoms with Crippen molar-refractivity contribution < 1.29 is 14.6 Å². The van der Waals surface area contributed by atoms with Crippen molar-refractivity contribution in [3.63, 3.8) is 0 Å². The second-order valence-electron chi connectivity index (χ2n) is 4.32. The van der Waals surface area contributed by atoms with E-state index in [9.17, 15) is 4.79 Å². The summed E-state index contributed by atoms with van der Waals surface area (Å²) >= 11 is 0. The van der Waals surface area contributed by atoms with Crippen LogP contribution >= 0.6 is 0 Å². The first-order chi connectivity index (χ1) is 7.24. The largest absolute Gasteiger partial charge is 0.481 e. The number of hydrogen-bond donors (Lipinski definition) is 1. The number of ether oxygens (including phenoxy) is 1. The summed E-state index contributed by atoms with van der Waals surface area (Å²) < 4.78 is 5.45. The summed E-state index contributed by atoms with van der Waals surface area (Å²) in [5.74, 6) is -0.674. The number of carbonyl (C=O) groups is 1. The van der Waals surface area contributed by atoms with Gasteiger partial charge in [-0.1, -0.05) is 32.6 Å². The zero-order valence-electron chi connectivity index (χ0n) is 9.58. The van der Waals surface area contributed by atoms with E-state index >= 15 is 0 Å². The molecule has 0 aromatic rings. The van der Waals surface area contributed by atoms with E-state index in [1.165, 1.54) is 19.3 Å². The van der Waals surface area contributed by atoms with Crippen molar-refractivity contribution in [1.82, 2.24) is 0 Å². The lowest BCUT2D eigenvalue weighted by Gasteiger charge is -1.98. The molecule has 0 aromatic heterocycles. The first-order valence-corrected chi connectivity index (χ1v) is 6.11. The fraction of sp³-hybridized carbons (Fsp3) is 0.917. The van der Waals surface area contributed by atoms with E-state index in [4.69, 9.17) is 9.84 Å². The highest BCUT2D eigenvalue weighted by molar-refractivity contribution is 5.66. The summed E-state index contributed by atoms with van der Waals surface area (Å²) in [6, 6.07) is 0. The zero-order valence-corrected chi connectivity index (χ0v) is 9.58. The lowest BCUT2D eigenvalue weighted by atomic mass is 10.1. The smallest absolute Gasteiger partial charge is 0.303 e. The first-order valence-electron chi connectivity index (χ1n) is 6.11. The Morgan fingerprint density at radius 1 is 1.13 bits per heavy atom. The summed E-state index contributed by atoms with van der Waals surface area (Å²) in [6.07, 6.45) is 9.22. The summed E-state index contributed by atoms with van der Waals surface area (Å²) in [6.45, 7) is 2.16. The van der Waals surface area contributed by atoms with Crippen LogP contribution in [-0.2, 0) is 9.53 Å². The van der Waals surface area contributed by atoms with Crippen molar-refractivity contribution in [3.05, 3.63) is 0 Å². The minimum atomic E-state index is -0.674. The molecule has 1 fully saturated rings. The SMILES string of the molecule is CC[C@H]1O[C@H]1CCCCCCCC(=O)O. The Balaban J connectivity index is 1.76. The maximum Gasteiger partial charge on any atom is 0.303 e. The molecule has 0 aromatic carbocycles. The van der Waals surface area contributed by atoms with Gasteiger partial charge in [-0.15, -0.1) is 0 Å². The van der Waals surface area contributed by atoms with Gasteiger partial charge in [-0.25, -0.2) is 0 Å². The summed E-state index contributed by atoms with van der Waals surface area (Å²) in [4.78, 5) is 10.2. The molecule has 1 rings (SSSR count). The summed E-state index contributed by atoms with van der Waals surface area (Å²) in [5.41, 5.74) is 0. The molecule has 0 spiro atoms. The normalized spacial score (nSPS) is 24.1. The molecular weight excluding hydrogens is 192 g/mol. The van der Waals surface area contributed by atoms with Crippen LogP contribution < -0.4 is 0 Å². The lowest BCUT2D eigenvalue weighted by Crippen LogP contribution is -1.94. The number of aliphatic carboxylic acids is 1. The Bertz CT molecular complexity index is 191. The third kappa shape index (κ3) is 5.78. The number of epoxide rings is 1. The molecule has 1 saturated heterocycles. The number of unbranched alkanes of at least 4 members (excludes halogenated alkanes) is 4. The Morgan fingerprint density at radius 2 is 1.80 bits per heavy atom. The number of carboxylic acid groups (broad SMARTS) is 1. The highest BCUT2D eigenvalue weighted by atomic mass is 16.6. The van der Waals surface area contributed by atoms with Crippen molar-refractivity contribution in [2.75, 3.05) is 0 Å². The molecule has 1 aliphatic rings. The maximum atomic E-state index is 10.2. The average Bonchev–Trinajstić information content (AvgIpc) is 2.94. The first kappa shape index (κ1) is 12.5. The molecule has 3 nitrogen and oxygen atoms in total. The molecule has 0 radical (unpaired) electrons. The molecule has 0 saturated carbocycles. The van der Waals surface area contributed by atoms with Gasteiger partial charge in [0.25, 0.3) is 0 Å². The fourth-order valence-electron chi connectivity index (χ4n) is 1.94. The van der Waals surface area contributed by atoms with Gasteiger partial charge in [0.2, 0.25) is 0 Å². The van der Waals surface area contributed by atoms with Gasteiger partial charge in [0.1, 0.15) is 0 Å². The predicted molar refractivity (Wildman–Crippen MR) is 58.9 cm³/mol. The van der Waals surface area contributed by atoms with Crippen LogP contribution in [0.3, 0.4) is 0 Å². The molecule has 3 heteroatoms. The van der Waals surface area contributed by atoms with Gasteiger partial charge in [-0.3, -0.25) is 4.79 Å². The monoisotopic (exact) mass is 214 g/mol. The third-order valence-electron chi connectivity index (χ3n) is 2.97. The van der Waals surface area contributed by atoms with Crippen LogP contribution in [0.4, 0.5) is 0 Å². The molecule has 1 heterocycles. The van der Waals surface area contributed by atoms with Gasteiger partial charge < -0.3 is 9.84 Å². The van der Waals surface area contributed by atoms with E-state index in [2.05, 4.69) is 6.92 Å². The van der Waals surface area contributed by atoms with Crippen molar-refractivity contribution >= 4 is 5.97 Å². The van der Waals surface area contributed by atoms with Gasteiger partial charge in [-0.2, -0.15) is 0 Å². The van der Waals surface area contributed by atoms with E-state index in [1.54, 1.807) is 0 Å². The van der Waals surface area contributed by atoms with Crippen molar-refractivity contribution in [2.45, 2.75) is 70.5 Å². The minimum Gasteiger partial charge on any atom is -0.481 e. The Kier molecular flexibility index (Phi) is 5.69. The average molecular weight is 214 g/mol. The molecule has 0 aliphatic carbocycles.